The Hall–Kier alpha value is -2.96. The van der Waals surface area contributed by atoms with Gasteiger partial charge in [-0.05, 0) is 55.9 Å². The van der Waals surface area contributed by atoms with Crippen LogP contribution in [0.5, 0.6) is 0 Å². The van der Waals surface area contributed by atoms with Gasteiger partial charge in [0.15, 0.2) is 0 Å². The second-order valence-corrected chi connectivity index (χ2v) is 10.9. The van der Waals surface area contributed by atoms with Crippen LogP contribution in [0.3, 0.4) is 0 Å². The number of benzene rings is 3. The molecule has 0 spiro atoms. The highest BCUT2D eigenvalue weighted by molar-refractivity contribution is 7.89. The fraction of sp³-hybridized carbons (Fsp3) is 0.321. The van der Waals surface area contributed by atoms with Gasteiger partial charge in [-0.2, -0.15) is 4.31 Å². The molecule has 1 fully saturated rings. The van der Waals surface area contributed by atoms with Crippen LogP contribution in [0.15, 0.2) is 89.8 Å². The Morgan fingerprint density at radius 1 is 0.912 bits per heavy atom. The second-order valence-electron chi connectivity index (χ2n) is 8.99. The van der Waals surface area contributed by atoms with E-state index in [0.29, 0.717) is 30.8 Å². The van der Waals surface area contributed by atoms with E-state index in [0.717, 1.165) is 24.0 Å². The summed E-state index contributed by atoms with van der Waals surface area (Å²) in [7, 11) is -3.53. The first-order chi connectivity index (χ1) is 16.4. The molecule has 3 aromatic carbocycles. The average molecular weight is 477 g/mol. The first kappa shape index (κ1) is 24.2. The Morgan fingerprint density at radius 3 is 2.12 bits per heavy atom. The molecule has 34 heavy (non-hydrogen) atoms. The number of hydrogen-bond acceptors (Lipinski definition) is 3. The van der Waals surface area contributed by atoms with Gasteiger partial charge in [0.1, 0.15) is 0 Å². The van der Waals surface area contributed by atoms with Gasteiger partial charge < -0.3 is 5.32 Å². The first-order valence-corrected chi connectivity index (χ1v) is 13.3. The zero-order valence-corrected chi connectivity index (χ0v) is 20.4. The molecule has 1 saturated heterocycles. The van der Waals surface area contributed by atoms with Crippen molar-refractivity contribution in [3.63, 3.8) is 0 Å². The van der Waals surface area contributed by atoms with Gasteiger partial charge in [-0.3, -0.25) is 4.79 Å². The van der Waals surface area contributed by atoms with E-state index in [1.165, 1.54) is 9.87 Å². The van der Waals surface area contributed by atoms with E-state index in [4.69, 9.17) is 0 Å². The highest BCUT2D eigenvalue weighted by Crippen LogP contribution is 2.26. The lowest BCUT2D eigenvalue weighted by Gasteiger charge is -2.31. The van der Waals surface area contributed by atoms with E-state index in [1.807, 2.05) is 67.6 Å². The number of piperidine rings is 1. The number of sulfonamides is 1. The highest BCUT2D eigenvalue weighted by Gasteiger charge is 2.32. The summed E-state index contributed by atoms with van der Waals surface area (Å²) < 4.78 is 27.5. The monoisotopic (exact) mass is 476 g/mol. The van der Waals surface area contributed by atoms with Gasteiger partial charge in [0.25, 0.3) is 0 Å². The van der Waals surface area contributed by atoms with Crippen molar-refractivity contribution in [1.29, 1.82) is 0 Å². The maximum atomic E-state index is 13.2. The number of rotatable bonds is 8. The minimum Gasteiger partial charge on any atom is -0.349 e. The molecule has 4 rings (SSSR count). The second kappa shape index (κ2) is 11.0. The Morgan fingerprint density at radius 2 is 1.50 bits per heavy atom. The van der Waals surface area contributed by atoms with Crippen molar-refractivity contribution in [3.05, 3.63) is 102 Å². The van der Waals surface area contributed by atoms with Crippen LogP contribution in [-0.2, 0) is 21.2 Å². The van der Waals surface area contributed by atoms with Crippen LogP contribution in [0.4, 0.5) is 0 Å². The first-order valence-electron chi connectivity index (χ1n) is 11.9. The van der Waals surface area contributed by atoms with Crippen molar-refractivity contribution in [3.8, 4) is 0 Å². The molecule has 1 amide bonds. The predicted octanol–water partition coefficient (Wildman–Crippen LogP) is 4.89. The number of hydrogen-bond donors (Lipinski definition) is 1. The fourth-order valence-electron chi connectivity index (χ4n) is 4.47. The van der Waals surface area contributed by atoms with Crippen molar-refractivity contribution < 1.29 is 13.2 Å². The lowest BCUT2D eigenvalue weighted by Crippen LogP contribution is -2.43. The Balaban J connectivity index is 1.38. The number of nitrogens with one attached hydrogen (secondary N) is 1. The SMILES string of the molecule is Cc1ccc(S(=O)(=O)N2CCC(C(=O)NC(CCc3ccccc3)c3ccccc3)CC2)cc1. The summed E-state index contributed by atoms with van der Waals surface area (Å²) in [6.45, 7) is 2.64. The Bertz CT molecular complexity index is 1170. The lowest BCUT2D eigenvalue weighted by atomic mass is 9.94. The molecule has 1 heterocycles. The summed E-state index contributed by atoms with van der Waals surface area (Å²) in [5.41, 5.74) is 3.35. The lowest BCUT2D eigenvalue weighted by molar-refractivity contribution is -0.127. The van der Waals surface area contributed by atoms with Crippen molar-refractivity contribution >= 4 is 15.9 Å². The van der Waals surface area contributed by atoms with Gasteiger partial charge in [-0.15, -0.1) is 0 Å². The summed E-state index contributed by atoms with van der Waals surface area (Å²) >= 11 is 0. The smallest absolute Gasteiger partial charge is 0.243 e. The highest BCUT2D eigenvalue weighted by atomic mass is 32.2. The van der Waals surface area contributed by atoms with Crippen LogP contribution in [0.25, 0.3) is 0 Å². The summed E-state index contributed by atoms with van der Waals surface area (Å²) in [4.78, 5) is 13.5. The summed E-state index contributed by atoms with van der Waals surface area (Å²) in [6.07, 6.45) is 2.72. The van der Waals surface area contributed by atoms with Gasteiger partial charge >= 0.3 is 0 Å². The van der Waals surface area contributed by atoms with Gasteiger partial charge in [-0.25, -0.2) is 8.42 Å². The standard InChI is InChI=1S/C28H32N2O3S/c1-22-12-15-26(16-13-22)34(32,33)30-20-18-25(19-21-30)28(31)29-27(24-10-6-3-7-11-24)17-14-23-8-4-2-5-9-23/h2-13,15-16,25,27H,14,17-21H2,1H3,(H,29,31). The third-order valence-electron chi connectivity index (χ3n) is 6.57. The fourth-order valence-corrected chi connectivity index (χ4v) is 5.94. The van der Waals surface area contributed by atoms with E-state index >= 15 is 0 Å². The molecule has 0 bridgehead atoms. The van der Waals surface area contributed by atoms with E-state index in [9.17, 15) is 13.2 Å². The average Bonchev–Trinajstić information content (AvgIpc) is 2.88. The van der Waals surface area contributed by atoms with Gasteiger partial charge in [0.05, 0.1) is 10.9 Å². The zero-order chi connectivity index (χ0) is 24.0. The number of carbonyl (C=O) groups excluding carboxylic acids is 1. The number of aryl methyl sites for hydroxylation is 2. The Kier molecular flexibility index (Phi) is 7.80. The van der Waals surface area contributed by atoms with Gasteiger partial charge in [0.2, 0.25) is 15.9 Å². The molecular weight excluding hydrogens is 444 g/mol. The molecule has 1 N–H and O–H groups in total. The van der Waals surface area contributed by atoms with Crippen LogP contribution in [0.2, 0.25) is 0 Å². The summed E-state index contributed by atoms with van der Waals surface area (Å²) in [5.74, 6) is -0.179. The van der Waals surface area contributed by atoms with E-state index < -0.39 is 10.0 Å². The molecule has 1 aliphatic rings. The van der Waals surface area contributed by atoms with Crippen LogP contribution >= 0.6 is 0 Å². The number of amides is 1. The maximum absolute atomic E-state index is 13.2. The quantitative estimate of drug-likeness (QED) is 0.504. The summed E-state index contributed by atoms with van der Waals surface area (Å²) in [6, 6.07) is 27.2. The van der Waals surface area contributed by atoms with Crippen LogP contribution in [0.1, 0.15) is 42.0 Å². The molecule has 178 valence electrons. The molecule has 1 aliphatic heterocycles. The summed E-state index contributed by atoms with van der Waals surface area (Å²) in [5, 5.41) is 3.26. The predicted molar refractivity (Wildman–Crippen MR) is 135 cm³/mol. The molecule has 5 nitrogen and oxygen atoms in total. The normalized spacial score (nSPS) is 16.1. The Labute approximate surface area is 202 Å². The van der Waals surface area contributed by atoms with Crippen molar-refractivity contribution in [2.24, 2.45) is 5.92 Å². The largest absolute Gasteiger partial charge is 0.349 e. The van der Waals surface area contributed by atoms with Gasteiger partial charge in [-0.1, -0.05) is 78.4 Å². The van der Waals surface area contributed by atoms with Crippen molar-refractivity contribution in [2.45, 2.75) is 43.5 Å². The van der Waals surface area contributed by atoms with Crippen LogP contribution < -0.4 is 5.32 Å². The van der Waals surface area contributed by atoms with E-state index in [1.54, 1.807) is 12.1 Å². The molecule has 3 aromatic rings. The third kappa shape index (κ3) is 5.93. The maximum Gasteiger partial charge on any atom is 0.243 e. The van der Waals surface area contributed by atoms with Crippen molar-refractivity contribution in [1.82, 2.24) is 9.62 Å². The van der Waals surface area contributed by atoms with Crippen molar-refractivity contribution in [2.75, 3.05) is 13.1 Å². The minimum atomic E-state index is -3.53. The molecule has 6 heteroatoms. The molecule has 1 atom stereocenters. The molecule has 0 aromatic heterocycles. The third-order valence-corrected chi connectivity index (χ3v) is 8.48. The van der Waals surface area contributed by atoms with Crippen LogP contribution in [-0.4, -0.2) is 31.7 Å². The molecular formula is C28H32N2O3S. The molecule has 1 unspecified atom stereocenters. The zero-order valence-electron chi connectivity index (χ0n) is 19.6. The molecule has 0 radical (unpaired) electrons. The molecule has 0 saturated carbocycles. The molecule has 0 aliphatic carbocycles. The van der Waals surface area contributed by atoms with E-state index in [-0.39, 0.29) is 17.9 Å². The van der Waals surface area contributed by atoms with Gasteiger partial charge in [0, 0.05) is 19.0 Å². The number of nitrogens with zero attached hydrogens (tertiary/aromatic N) is 1. The topological polar surface area (TPSA) is 66.5 Å². The minimum absolute atomic E-state index is 0.00861. The van der Waals surface area contributed by atoms with Crippen LogP contribution in [0, 0.1) is 12.8 Å². The number of carbonyl (C=O) groups is 1. The van der Waals surface area contributed by atoms with E-state index in [2.05, 4.69) is 17.4 Å².